The molecule has 0 atom stereocenters. The molecule has 0 spiro atoms. The Morgan fingerprint density at radius 3 is 2.23 bits per heavy atom. The zero-order valence-corrected chi connectivity index (χ0v) is 21.4. The van der Waals surface area contributed by atoms with Crippen molar-refractivity contribution in [2.75, 3.05) is 41.7 Å². The standard InChI is InChI=1S/C30H28N8O/c39-30(35-26-4-2-12-32-19-26)34-25-8-5-23(6-9-25)24-7-10-27-28(17-24)36-29(20-33-27)38-15-13-37(14-16-38)21-22-3-1-11-31-18-22/h1-12,17-20H,13-16,21H2,(H2,34,35,39). The van der Waals surface area contributed by atoms with Gasteiger partial charge in [-0.3, -0.25) is 19.9 Å². The van der Waals surface area contributed by atoms with Crippen molar-refractivity contribution in [3.05, 3.63) is 103 Å². The number of carbonyl (C=O) groups is 1. The Morgan fingerprint density at radius 1 is 0.744 bits per heavy atom. The summed E-state index contributed by atoms with van der Waals surface area (Å²) in [5, 5.41) is 5.61. The van der Waals surface area contributed by atoms with E-state index in [4.69, 9.17) is 4.98 Å². The summed E-state index contributed by atoms with van der Waals surface area (Å²) in [6.07, 6.45) is 8.87. The molecule has 0 bridgehead atoms. The number of nitrogens with zero attached hydrogens (tertiary/aromatic N) is 6. The van der Waals surface area contributed by atoms with Crippen LogP contribution < -0.4 is 15.5 Å². The maximum Gasteiger partial charge on any atom is 0.323 e. The number of urea groups is 1. The predicted octanol–water partition coefficient (Wildman–Crippen LogP) is 5.05. The van der Waals surface area contributed by atoms with E-state index in [1.54, 1.807) is 24.5 Å². The average Bonchev–Trinajstić information content (AvgIpc) is 2.98. The molecular weight excluding hydrogens is 488 g/mol. The summed E-state index contributed by atoms with van der Waals surface area (Å²) in [5.74, 6) is 0.903. The van der Waals surface area contributed by atoms with Crippen molar-refractivity contribution >= 4 is 34.3 Å². The number of amides is 2. The monoisotopic (exact) mass is 516 g/mol. The van der Waals surface area contributed by atoms with Gasteiger partial charge in [0.25, 0.3) is 0 Å². The fraction of sp³-hybridized carbons (Fsp3) is 0.167. The van der Waals surface area contributed by atoms with Crippen molar-refractivity contribution in [2.45, 2.75) is 6.54 Å². The van der Waals surface area contributed by atoms with Crippen LogP contribution in [0.1, 0.15) is 5.56 Å². The van der Waals surface area contributed by atoms with Gasteiger partial charge in [-0.15, -0.1) is 0 Å². The zero-order valence-electron chi connectivity index (χ0n) is 21.4. The highest BCUT2D eigenvalue weighted by molar-refractivity contribution is 5.99. The third-order valence-corrected chi connectivity index (χ3v) is 6.75. The van der Waals surface area contributed by atoms with E-state index in [0.717, 1.165) is 60.7 Å². The van der Waals surface area contributed by atoms with E-state index in [-0.39, 0.29) is 6.03 Å². The van der Waals surface area contributed by atoms with Crippen LogP contribution in [0, 0.1) is 0 Å². The molecule has 1 saturated heterocycles. The highest BCUT2D eigenvalue weighted by atomic mass is 16.2. The molecule has 1 aliphatic rings. The fourth-order valence-electron chi connectivity index (χ4n) is 4.69. The second kappa shape index (κ2) is 11.2. The normalized spacial score (nSPS) is 13.8. The Morgan fingerprint density at radius 2 is 1.49 bits per heavy atom. The number of rotatable bonds is 6. The number of nitrogens with one attached hydrogen (secondary N) is 2. The Kier molecular flexibility index (Phi) is 7.05. The van der Waals surface area contributed by atoms with Gasteiger partial charge in [0, 0.05) is 57.0 Å². The Labute approximate surface area is 226 Å². The molecule has 0 saturated carbocycles. The molecule has 194 valence electrons. The summed E-state index contributed by atoms with van der Waals surface area (Å²) in [5.41, 5.74) is 6.37. The van der Waals surface area contributed by atoms with E-state index < -0.39 is 0 Å². The smallest absolute Gasteiger partial charge is 0.323 e. The maximum atomic E-state index is 12.3. The Balaban J connectivity index is 1.11. The number of fused-ring (bicyclic) bond motifs is 1. The van der Waals surface area contributed by atoms with Crippen LogP contribution in [0.3, 0.4) is 0 Å². The minimum atomic E-state index is -0.317. The lowest BCUT2D eigenvalue weighted by Crippen LogP contribution is -2.46. The molecule has 2 amide bonds. The van der Waals surface area contributed by atoms with Crippen LogP contribution in [0.2, 0.25) is 0 Å². The third-order valence-electron chi connectivity index (χ3n) is 6.75. The molecule has 2 N–H and O–H groups in total. The Hall–Kier alpha value is -4.89. The lowest BCUT2D eigenvalue weighted by molar-refractivity contribution is 0.249. The first-order valence-electron chi connectivity index (χ1n) is 12.9. The van der Waals surface area contributed by atoms with Crippen LogP contribution in [0.4, 0.5) is 22.0 Å². The minimum absolute atomic E-state index is 0.317. The summed E-state index contributed by atoms with van der Waals surface area (Å²) in [4.78, 5) is 34.9. The molecule has 39 heavy (non-hydrogen) atoms. The van der Waals surface area contributed by atoms with E-state index in [2.05, 4.69) is 47.5 Å². The second-order valence-electron chi connectivity index (χ2n) is 9.45. The topological polar surface area (TPSA) is 99.2 Å². The molecule has 5 aromatic rings. The SMILES string of the molecule is O=C(Nc1ccc(-c2ccc3ncc(N4CCN(Cc5cccnc5)CC4)nc3c2)cc1)Nc1cccnc1. The third kappa shape index (κ3) is 6.00. The second-order valence-corrected chi connectivity index (χ2v) is 9.45. The molecule has 2 aromatic carbocycles. The van der Waals surface area contributed by atoms with Crippen molar-refractivity contribution in [3.63, 3.8) is 0 Å². The zero-order chi connectivity index (χ0) is 26.4. The molecule has 1 aliphatic heterocycles. The molecule has 9 nitrogen and oxygen atoms in total. The van der Waals surface area contributed by atoms with E-state index in [0.29, 0.717) is 11.4 Å². The van der Waals surface area contributed by atoms with Crippen molar-refractivity contribution in [1.29, 1.82) is 0 Å². The number of pyridine rings is 2. The van der Waals surface area contributed by atoms with Gasteiger partial charge in [0.15, 0.2) is 0 Å². The summed E-state index contributed by atoms with van der Waals surface area (Å²) in [6.45, 7) is 4.66. The van der Waals surface area contributed by atoms with Gasteiger partial charge in [-0.25, -0.2) is 9.78 Å². The summed E-state index contributed by atoms with van der Waals surface area (Å²) < 4.78 is 0. The lowest BCUT2D eigenvalue weighted by atomic mass is 10.0. The molecule has 0 radical (unpaired) electrons. The van der Waals surface area contributed by atoms with Crippen LogP contribution in [-0.2, 0) is 6.54 Å². The van der Waals surface area contributed by atoms with Gasteiger partial charge in [-0.1, -0.05) is 24.3 Å². The highest BCUT2D eigenvalue weighted by Gasteiger charge is 2.19. The first-order valence-corrected chi connectivity index (χ1v) is 12.9. The highest BCUT2D eigenvalue weighted by Crippen LogP contribution is 2.26. The lowest BCUT2D eigenvalue weighted by Gasteiger charge is -2.35. The van der Waals surface area contributed by atoms with Gasteiger partial charge in [0.2, 0.25) is 0 Å². The number of aromatic nitrogens is 4. The van der Waals surface area contributed by atoms with Crippen molar-refractivity contribution in [2.24, 2.45) is 0 Å². The Bertz CT molecular complexity index is 1550. The average molecular weight is 517 g/mol. The number of hydrogen-bond donors (Lipinski definition) is 2. The van der Waals surface area contributed by atoms with Crippen molar-refractivity contribution in [1.82, 2.24) is 24.8 Å². The van der Waals surface area contributed by atoms with Gasteiger partial charge in [0.1, 0.15) is 5.82 Å². The number of anilines is 3. The van der Waals surface area contributed by atoms with Gasteiger partial charge in [0.05, 0.1) is 29.1 Å². The molecule has 0 unspecified atom stereocenters. The quantitative estimate of drug-likeness (QED) is 0.326. The van der Waals surface area contributed by atoms with Crippen molar-refractivity contribution < 1.29 is 4.79 Å². The summed E-state index contributed by atoms with van der Waals surface area (Å²) in [7, 11) is 0. The molecular formula is C30H28N8O. The number of carbonyl (C=O) groups excluding carboxylic acids is 1. The number of benzene rings is 2. The summed E-state index contributed by atoms with van der Waals surface area (Å²) in [6, 6.07) is 21.2. The molecule has 1 fully saturated rings. The fourth-order valence-corrected chi connectivity index (χ4v) is 4.69. The maximum absolute atomic E-state index is 12.3. The van der Waals surface area contributed by atoms with E-state index in [1.807, 2.05) is 61.1 Å². The van der Waals surface area contributed by atoms with Crippen LogP contribution in [0.25, 0.3) is 22.2 Å². The van der Waals surface area contributed by atoms with Gasteiger partial charge < -0.3 is 15.5 Å². The van der Waals surface area contributed by atoms with Crippen molar-refractivity contribution in [3.8, 4) is 11.1 Å². The molecule has 9 heteroatoms. The first-order chi connectivity index (χ1) is 19.2. The minimum Gasteiger partial charge on any atom is -0.353 e. The predicted molar refractivity (Wildman–Crippen MR) is 154 cm³/mol. The van der Waals surface area contributed by atoms with Crippen LogP contribution in [-0.4, -0.2) is 57.0 Å². The van der Waals surface area contributed by atoms with E-state index >= 15 is 0 Å². The van der Waals surface area contributed by atoms with Gasteiger partial charge >= 0.3 is 6.03 Å². The van der Waals surface area contributed by atoms with Gasteiger partial charge in [-0.05, 0) is 59.2 Å². The molecule has 0 aliphatic carbocycles. The largest absolute Gasteiger partial charge is 0.353 e. The van der Waals surface area contributed by atoms with E-state index in [1.165, 1.54) is 5.56 Å². The number of hydrogen-bond acceptors (Lipinski definition) is 7. The molecule has 4 heterocycles. The van der Waals surface area contributed by atoms with E-state index in [9.17, 15) is 4.79 Å². The van der Waals surface area contributed by atoms with Crippen LogP contribution in [0.15, 0.2) is 97.7 Å². The van der Waals surface area contributed by atoms with Crippen LogP contribution in [0.5, 0.6) is 0 Å². The molecule has 6 rings (SSSR count). The van der Waals surface area contributed by atoms with Crippen LogP contribution >= 0.6 is 0 Å². The first kappa shape index (κ1) is 24.4. The van der Waals surface area contributed by atoms with Gasteiger partial charge in [-0.2, -0.15) is 0 Å². The number of piperazine rings is 1. The summed E-state index contributed by atoms with van der Waals surface area (Å²) >= 11 is 0. The molecule has 3 aromatic heterocycles.